The van der Waals surface area contributed by atoms with E-state index in [9.17, 15) is 0 Å². The van der Waals surface area contributed by atoms with Gasteiger partial charge in [-0.05, 0) is 31.1 Å². The van der Waals surface area contributed by atoms with Crippen LogP contribution in [0.3, 0.4) is 0 Å². The van der Waals surface area contributed by atoms with E-state index >= 15 is 0 Å². The summed E-state index contributed by atoms with van der Waals surface area (Å²) in [5, 5.41) is 37.2. The van der Waals surface area contributed by atoms with E-state index < -0.39 is 7.26 Å². The Balaban J connectivity index is 0.000000584. The zero-order valence-electron chi connectivity index (χ0n) is 15.8. The van der Waals surface area contributed by atoms with Crippen molar-refractivity contribution < 1.29 is 32.8 Å². The summed E-state index contributed by atoms with van der Waals surface area (Å²) >= 11 is 0. The molecule has 0 heterocycles. The lowest BCUT2D eigenvalue weighted by Crippen LogP contribution is -3.00. The first-order valence-electron chi connectivity index (χ1n) is 8.82. The van der Waals surface area contributed by atoms with Gasteiger partial charge in [0.2, 0.25) is 0 Å². The Morgan fingerprint density at radius 3 is 1.33 bits per heavy atom. The SMILES string of the molecule is CCCCP(c1ccccc1)c1ccccc1.OC[P+](CO)(CO)CO.[Cl-]. The van der Waals surface area contributed by atoms with E-state index in [-0.39, 0.29) is 45.7 Å². The van der Waals surface area contributed by atoms with Gasteiger partial charge in [-0.2, -0.15) is 0 Å². The molecule has 0 bridgehead atoms. The summed E-state index contributed by atoms with van der Waals surface area (Å²) < 4.78 is 0. The molecule has 0 unspecified atom stereocenters. The minimum Gasteiger partial charge on any atom is -1.00 e. The highest BCUT2D eigenvalue weighted by molar-refractivity contribution is 7.75. The van der Waals surface area contributed by atoms with Crippen molar-refractivity contribution in [2.45, 2.75) is 19.8 Å². The van der Waals surface area contributed by atoms with E-state index in [1.807, 2.05) is 0 Å². The Morgan fingerprint density at radius 2 is 1.07 bits per heavy atom. The van der Waals surface area contributed by atoms with Gasteiger partial charge in [-0.1, -0.05) is 74.0 Å². The second-order valence-corrected chi connectivity index (χ2v) is 12.2. The molecular weight excluding hydrogens is 402 g/mol. The number of halogens is 1. The summed E-state index contributed by atoms with van der Waals surface area (Å²) in [5.41, 5.74) is 0. The lowest BCUT2D eigenvalue weighted by Gasteiger charge is -2.18. The van der Waals surface area contributed by atoms with Crippen LogP contribution in [0.25, 0.3) is 0 Å². The van der Waals surface area contributed by atoms with Crippen molar-refractivity contribution in [2.24, 2.45) is 0 Å². The normalized spacial score (nSPS) is 10.7. The summed E-state index contributed by atoms with van der Waals surface area (Å²) in [6.07, 6.45) is 2.72. The molecular formula is C20H31ClO4P2. The molecule has 0 atom stereocenters. The van der Waals surface area contributed by atoms with Crippen LogP contribution in [0, 0.1) is 0 Å². The topological polar surface area (TPSA) is 80.9 Å². The molecule has 0 aliphatic rings. The van der Waals surface area contributed by atoms with Crippen molar-refractivity contribution in [3.8, 4) is 0 Å². The average Bonchev–Trinajstić information content (AvgIpc) is 2.73. The van der Waals surface area contributed by atoms with Gasteiger partial charge in [-0.3, -0.25) is 0 Å². The van der Waals surface area contributed by atoms with Gasteiger partial charge >= 0.3 is 0 Å². The molecule has 2 rings (SSSR count). The minimum absolute atomic E-state index is 0. The maximum Gasteiger partial charge on any atom is 0.161 e. The third-order valence-corrected chi connectivity index (χ3v) is 9.08. The predicted octanol–water partition coefficient (Wildman–Crippen LogP) is -0.273. The van der Waals surface area contributed by atoms with Gasteiger partial charge in [-0.25, -0.2) is 0 Å². The van der Waals surface area contributed by atoms with E-state index in [0.29, 0.717) is 0 Å². The molecule has 4 nitrogen and oxygen atoms in total. The molecule has 0 saturated heterocycles. The van der Waals surface area contributed by atoms with Crippen LogP contribution in [0.4, 0.5) is 0 Å². The van der Waals surface area contributed by atoms with Gasteiger partial charge in [0.05, 0.1) is 0 Å². The fourth-order valence-corrected chi connectivity index (χ4v) is 5.26. The first kappa shape index (κ1) is 26.4. The number of hydrogen-bond acceptors (Lipinski definition) is 4. The lowest BCUT2D eigenvalue weighted by molar-refractivity contribution is -0.00000886. The summed E-state index contributed by atoms with van der Waals surface area (Å²) in [4.78, 5) is 0. The fourth-order valence-electron chi connectivity index (χ4n) is 2.21. The maximum absolute atomic E-state index is 8.55. The second-order valence-electron chi connectivity index (χ2n) is 6.08. The lowest BCUT2D eigenvalue weighted by atomic mass is 10.4. The molecule has 152 valence electrons. The summed E-state index contributed by atoms with van der Waals surface area (Å²) in [5.74, 6) is 0. The Morgan fingerprint density at radius 1 is 0.704 bits per heavy atom. The van der Waals surface area contributed by atoms with Gasteiger partial charge in [0.1, 0.15) is 7.26 Å². The molecule has 7 heteroatoms. The standard InChI is InChI=1S/C16H19P.C4H12O4P.ClH/c1-2-3-14-17(15-10-6-4-7-11-15)16-12-8-5-9-13-16;5-1-9(2-6,3-7)4-8;/h4-13H,2-3,14H2,1H3;5-8H,1-4H2;1H/q;+1;/p-1. The second kappa shape index (κ2) is 15.4. The van der Waals surface area contributed by atoms with Gasteiger partial charge in [0.25, 0.3) is 0 Å². The van der Waals surface area contributed by atoms with Crippen LogP contribution < -0.4 is 23.0 Å². The summed E-state index contributed by atoms with van der Waals surface area (Å²) in [6.45, 7) is 2.27. The van der Waals surface area contributed by atoms with Crippen LogP contribution in [-0.2, 0) is 0 Å². The Bertz CT molecular complexity index is 526. The molecule has 2 aromatic rings. The highest BCUT2D eigenvalue weighted by atomic mass is 35.5. The largest absolute Gasteiger partial charge is 1.00 e. The van der Waals surface area contributed by atoms with Crippen LogP contribution in [0.5, 0.6) is 0 Å². The highest BCUT2D eigenvalue weighted by Gasteiger charge is 2.34. The van der Waals surface area contributed by atoms with Crippen LogP contribution in [0.15, 0.2) is 60.7 Å². The van der Waals surface area contributed by atoms with Crippen molar-refractivity contribution in [3.63, 3.8) is 0 Å². The fraction of sp³-hybridized carbons (Fsp3) is 0.400. The first-order chi connectivity index (χ1) is 12.7. The van der Waals surface area contributed by atoms with Crippen molar-refractivity contribution in [3.05, 3.63) is 60.7 Å². The molecule has 0 spiro atoms. The monoisotopic (exact) mass is 432 g/mol. The molecule has 0 fully saturated rings. The van der Waals surface area contributed by atoms with E-state index in [1.165, 1.54) is 29.6 Å². The van der Waals surface area contributed by atoms with Crippen LogP contribution in [0.1, 0.15) is 19.8 Å². The molecule has 4 N–H and O–H groups in total. The first-order valence-corrected chi connectivity index (χ1v) is 12.9. The highest BCUT2D eigenvalue weighted by Crippen LogP contribution is 2.54. The number of aliphatic hydroxyl groups is 4. The Hall–Kier alpha value is -0.570. The molecule has 0 saturated carbocycles. The van der Waals surface area contributed by atoms with Crippen molar-refractivity contribution in [1.29, 1.82) is 0 Å². The van der Waals surface area contributed by atoms with Crippen LogP contribution in [0.2, 0.25) is 0 Å². The molecule has 0 radical (unpaired) electrons. The van der Waals surface area contributed by atoms with E-state index in [2.05, 4.69) is 67.6 Å². The van der Waals surface area contributed by atoms with Crippen molar-refractivity contribution >= 4 is 25.8 Å². The Kier molecular flexibility index (Phi) is 15.0. The number of rotatable bonds is 9. The molecule has 0 aromatic heterocycles. The van der Waals surface area contributed by atoms with Crippen molar-refractivity contribution in [2.75, 3.05) is 31.6 Å². The third-order valence-electron chi connectivity index (χ3n) is 4.07. The quantitative estimate of drug-likeness (QED) is 0.411. The van der Waals surface area contributed by atoms with Gasteiger partial charge in [0.15, 0.2) is 25.4 Å². The van der Waals surface area contributed by atoms with Crippen molar-refractivity contribution in [1.82, 2.24) is 0 Å². The summed E-state index contributed by atoms with van der Waals surface area (Å²) in [7, 11) is -2.35. The van der Waals surface area contributed by atoms with E-state index in [0.717, 1.165) is 0 Å². The number of hydrogen-bond donors (Lipinski definition) is 4. The zero-order valence-corrected chi connectivity index (χ0v) is 18.3. The Labute approximate surface area is 170 Å². The molecule has 27 heavy (non-hydrogen) atoms. The third kappa shape index (κ3) is 8.98. The predicted molar refractivity (Wildman–Crippen MR) is 114 cm³/mol. The molecule has 0 aliphatic heterocycles. The number of benzene rings is 2. The van der Waals surface area contributed by atoms with Gasteiger partial charge in [-0.15, -0.1) is 0 Å². The van der Waals surface area contributed by atoms with Crippen LogP contribution >= 0.6 is 15.2 Å². The summed E-state index contributed by atoms with van der Waals surface area (Å²) in [6, 6.07) is 21.9. The van der Waals surface area contributed by atoms with E-state index in [1.54, 1.807) is 0 Å². The molecule has 2 aromatic carbocycles. The zero-order chi connectivity index (χ0) is 19.3. The smallest absolute Gasteiger partial charge is 0.161 e. The van der Waals surface area contributed by atoms with Gasteiger partial charge < -0.3 is 32.8 Å². The number of unbranched alkanes of at least 4 members (excludes halogenated alkanes) is 1. The van der Waals surface area contributed by atoms with Gasteiger partial charge in [0, 0.05) is 0 Å². The molecule has 0 amide bonds. The van der Waals surface area contributed by atoms with E-state index in [4.69, 9.17) is 20.4 Å². The molecule has 0 aliphatic carbocycles. The average molecular weight is 433 g/mol. The minimum atomic E-state index is -2.20. The van der Waals surface area contributed by atoms with Crippen LogP contribution in [-0.4, -0.2) is 52.0 Å². The maximum atomic E-state index is 8.55. The number of aliphatic hydroxyl groups excluding tert-OH is 4.